The van der Waals surface area contributed by atoms with Crippen LogP contribution in [-0.4, -0.2) is 14.0 Å². The third kappa shape index (κ3) is 3.04. The molecule has 2 heteroatoms. The molecule has 0 bridgehead atoms. The monoisotopic (exact) mass is 336 g/mol. The second-order valence-corrected chi connectivity index (χ2v) is 13.1. The molecule has 0 fully saturated rings. The molecule has 0 aromatic heterocycles. The summed E-state index contributed by atoms with van der Waals surface area (Å²) in [4.78, 5) is 12.3. The quantitative estimate of drug-likeness (QED) is 0.600. The van der Waals surface area contributed by atoms with Crippen molar-refractivity contribution >= 4 is 24.4 Å². The minimum absolute atomic E-state index is 0.0598. The predicted molar refractivity (Wildman–Crippen MR) is 106 cm³/mol. The highest BCUT2D eigenvalue weighted by Gasteiger charge is 2.54. The Morgan fingerprint density at radius 2 is 1.12 bits per heavy atom. The first kappa shape index (κ1) is 18.4. The largest absolute Gasteiger partial charge is 0.234 e. The Bertz CT molecular complexity index is 688. The lowest BCUT2D eigenvalue weighted by atomic mass is 9.97. The van der Waals surface area contributed by atoms with Crippen molar-refractivity contribution < 1.29 is 4.79 Å². The summed E-state index contributed by atoms with van der Waals surface area (Å²) < 4.78 is 0. The van der Waals surface area contributed by atoms with Crippen LogP contribution in [0.4, 0.5) is 0 Å². The van der Waals surface area contributed by atoms with E-state index in [1.54, 1.807) is 0 Å². The van der Waals surface area contributed by atoms with Gasteiger partial charge < -0.3 is 0 Å². The molecule has 1 nitrogen and oxygen atoms in total. The van der Waals surface area contributed by atoms with Gasteiger partial charge in [0.1, 0.15) is 5.94 Å². The lowest BCUT2D eigenvalue weighted by Crippen LogP contribution is -2.67. The Morgan fingerprint density at radius 1 is 0.750 bits per heavy atom. The molecule has 0 unspecified atom stereocenters. The van der Waals surface area contributed by atoms with Gasteiger partial charge in [0, 0.05) is 5.20 Å². The maximum atomic E-state index is 12.3. The molecule has 0 N–H and O–H groups in total. The van der Waals surface area contributed by atoms with Crippen molar-refractivity contribution in [2.45, 2.75) is 46.6 Å². The van der Waals surface area contributed by atoms with Crippen LogP contribution in [0.1, 0.15) is 41.5 Å². The molecule has 2 aromatic rings. The molecule has 0 atom stereocenters. The van der Waals surface area contributed by atoms with E-state index in [1.165, 1.54) is 10.4 Å². The smallest absolute Gasteiger partial charge is 0.162 e. The van der Waals surface area contributed by atoms with E-state index in [-0.39, 0.29) is 10.5 Å². The molecule has 0 saturated carbocycles. The Hall–Kier alpha value is -1.89. The molecule has 0 aliphatic rings. The van der Waals surface area contributed by atoms with E-state index < -0.39 is 8.07 Å². The van der Waals surface area contributed by atoms with Gasteiger partial charge in [-0.3, -0.25) is 0 Å². The number of carbonyl (C=O) groups excluding carboxylic acids is 1. The van der Waals surface area contributed by atoms with E-state index in [2.05, 4.69) is 96.0 Å². The van der Waals surface area contributed by atoms with Gasteiger partial charge >= 0.3 is 0 Å². The van der Waals surface area contributed by atoms with Gasteiger partial charge in [0.05, 0.1) is 0 Å². The van der Waals surface area contributed by atoms with Crippen molar-refractivity contribution in [2.24, 2.45) is 5.41 Å². The van der Waals surface area contributed by atoms with Crippen molar-refractivity contribution in [1.29, 1.82) is 0 Å². The summed E-state index contributed by atoms with van der Waals surface area (Å²) in [5.41, 5.74) is -0.229. The van der Waals surface area contributed by atoms with Gasteiger partial charge in [0.15, 0.2) is 8.07 Å². The maximum absolute atomic E-state index is 12.3. The Kier molecular flexibility index (Phi) is 5.03. The van der Waals surface area contributed by atoms with Gasteiger partial charge in [-0.15, -0.1) is 0 Å². The highest BCUT2D eigenvalue weighted by atomic mass is 28.3. The summed E-state index contributed by atoms with van der Waals surface area (Å²) in [6, 6.07) is 21.2. The highest BCUT2D eigenvalue weighted by molar-refractivity contribution is 7.10. The van der Waals surface area contributed by atoms with Crippen molar-refractivity contribution in [1.82, 2.24) is 0 Å². The number of benzene rings is 2. The molecule has 2 aromatic carbocycles. The van der Waals surface area contributed by atoms with Crippen LogP contribution in [0.25, 0.3) is 0 Å². The highest BCUT2D eigenvalue weighted by Crippen LogP contribution is 2.45. The second-order valence-electron chi connectivity index (χ2n) is 8.46. The molecule has 0 aliphatic heterocycles. The zero-order chi connectivity index (χ0) is 18.0. The predicted octanol–water partition coefficient (Wildman–Crippen LogP) is 4.39. The van der Waals surface area contributed by atoms with Crippen LogP contribution in [0.3, 0.4) is 0 Å². The molecule has 0 spiro atoms. The summed E-state index contributed by atoms with van der Waals surface area (Å²) in [5, 5.41) is 3.42. The molecule has 0 radical (unpaired) electrons. The van der Waals surface area contributed by atoms with Crippen molar-refractivity contribution in [3.63, 3.8) is 0 Å². The molecule has 0 aliphatic carbocycles. The van der Waals surface area contributed by atoms with Gasteiger partial charge in [-0.1, -0.05) is 102 Å². The normalized spacial score (nSPS) is 12.6. The van der Waals surface area contributed by atoms with E-state index in [4.69, 9.17) is 0 Å². The van der Waals surface area contributed by atoms with Gasteiger partial charge in [-0.25, -0.2) is 4.79 Å². The van der Waals surface area contributed by atoms with Gasteiger partial charge in [0.2, 0.25) is 0 Å². The first-order valence-corrected chi connectivity index (χ1v) is 10.5. The molecule has 0 heterocycles. The van der Waals surface area contributed by atoms with E-state index in [0.29, 0.717) is 0 Å². The topological polar surface area (TPSA) is 17.1 Å². The maximum Gasteiger partial charge on any atom is 0.162 e. The van der Waals surface area contributed by atoms with Crippen LogP contribution in [0.2, 0.25) is 5.04 Å². The first-order chi connectivity index (χ1) is 11.2. The average molecular weight is 337 g/mol. The van der Waals surface area contributed by atoms with Crippen molar-refractivity contribution in [3.8, 4) is 0 Å². The number of hydrogen-bond donors (Lipinski definition) is 0. The molecule has 2 rings (SSSR count). The molecular weight excluding hydrogens is 308 g/mol. The summed E-state index contributed by atoms with van der Waals surface area (Å²) in [5.74, 6) is 2.41. The van der Waals surface area contributed by atoms with Crippen LogP contribution in [0.5, 0.6) is 0 Å². The fourth-order valence-corrected chi connectivity index (χ4v) is 9.92. The lowest BCUT2D eigenvalue weighted by molar-refractivity contribution is 0.510. The van der Waals surface area contributed by atoms with Gasteiger partial charge in [-0.05, 0) is 20.8 Å². The van der Waals surface area contributed by atoms with E-state index in [9.17, 15) is 4.79 Å². The molecule has 0 saturated heterocycles. The third-order valence-corrected chi connectivity index (χ3v) is 11.0. The number of allylic oxidation sites excluding steroid dienone is 1. The second kappa shape index (κ2) is 6.55. The summed E-state index contributed by atoms with van der Waals surface area (Å²) in [7, 11) is -2.52. The summed E-state index contributed by atoms with van der Waals surface area (Å²) >= 11 is 0. The Morgan fingerprint density at radius 3 is 1.38 bits per heavy atom. The van der Waals surface area contributed by atoms with E-state index >= 15 is 0 Å². The van der Waals surface area contributed by atoms with Crippen LogP contribution >= 0.6 is 0 Å². The number of hydrogen-bond acceptors (Lipinski definition) is 1. The molecule has 0 amide bonds. The fourth-order valence-electron chi connectivity index (χ4n) is 3.86. The summed E-state index contributed by atoms with van der Waals surface area (Å²) in [6.07, 6.45) is 0. The van der Waals surface area contributed by atoms with Crippen LogP contribution in [-0.2, 0) is 4.79 Å². The van der Waals surface area contributed by atoms with Gasteiger partial charge in [-0.2, -0.15) is 0 Å². The zero-order valence-electron chi connectivity index (χ0n) is 15.7. The van der Waals surface area contributed by atoms with Crippen molar-refractivity contribution in [2.75, 3.05) is 0 Å². The average Bonchev–Trinajstić information content (AvgIpc) is 2.51. The minimum atomic E-state index is -2.52. The third-order valence-electron chi connectivity index (χ3n) is 4.77. The van der Waals surface area contributed by atoms with Gasteiger partial charge in [0.25, 0.3) is 0 Å². The SMILES string of the molecule is CC(C)(C)C(=C=O)[Si](c1ccccc1)(c1ccccc1)C(C)(C)C. The minimum Gasteiger partial charge on any atom is -0.234 e. The molecule has 24 heavy (non-hydrogen) atoms. The fraction of sp³-hybridized carbons (Fsp3) is 0.364. The standard InChI is InChI=1S/C22H28OSi/c1-21(2,3)20(17-23)24(22(4,5)6,18-13-9-7-10-14-18)19-15-11-8-12-16-19/h7-16H,1-6H3. The van der Waals surface area contributed by atoms with Crippen LogP contribution in [0, 0.1) is 5.41 Å². The Labute approximate surface area is 147 Å². The Balaban J connectivity index is 3.00. The van der Waals surface area contributed by atoms with Crippen LogP contribution in [0.15, 0.2) is 65.9 Å². The first-order valence-electron chi connectivity index (χ1n) is 8.53. The van der Waals surface area contributed by atoms with Crippen LogP contribution < -0.4 is 10.4 Å². The van der Waals surface area contributed by atoms with E-state index in [0.717, 1.165) is 5.20 Å². The lowest BCUT2D eigenvalue weighted by Gasteiger charge is -2.47. The summed E-state index contributed by atoms with van der Waals surface area (Å²) in [6.45, 7) is 13.2. The zero-order valence-corrected chi connectivity index (χ0v) is 16.7. The molecular formula is C22H28OSi. The molecule has 126 valence electrons. The number of rotatable bonds is 3. The van der Waals surface area contributed by atoms with Crippen molar-refractivity contribution in [3.05, 3.63) is 65.9 Å². The van der Waals surface area contributed by atoms with E-state index in [1.807, 2.05) is 12.1 Å².